The van der Waals surface area contributed by atoms with Crippen molar-refractivity contribution in [3.05, 3.63) is 56.8 Å². The van der Waals surface area contributed by atoms with Crippen LogP contribution in [0.5, 0.6) is 0 Å². The summed E-state index contributed by atoms with van der Waals surface area (Å²) in [5, 5.41) is 0.473. The standard InChI is InChI=1S/C15H10BrClN2O2/c1-8-4-10(16)5-11-13(8)19(15(21)14(11)20)7-9-2-3-18-6-12(9)17/h2-6H,7H2,1H3. The van der Waals surface area contributed by atoms with E-state index >= 15 is 0 Å². The zero-order valence-electron chi connectivity index (χ0n) is 11.1. The smallest absolute Gasteiger partial charge is 0.299 e. The fourth-order valence-corrected chi connectivity index (χ4v) is 3.21. The summed E-state index contributed by atoms with van der Waals surface area (Å²) in [6.45, 7) is 2.12. The van der Waals surface area contributed by atoms with Gasteiger partial charge in [-0.15, -0.1) is 0 Å². The molecule has 6 heteroatoms. The third kappa shape index (κ3) is 2.36. The van der Waals surface area contributed by atoms with Crippen LogP contribution in [0.4, 0.5) is 5.69 Å². The molecule has 2 heterocycles. The molecular weight excluding hydrogens is 356 g/mol. The molecule has 0 aliphatic carbocycles. The maximum atomic E-state index is 12.2. The van der Waals surface area contributed by atoms with E-state index in [9.17, 15) is 9.59 Å². The van der Waals surface area contributed by atoms with Crippen molar-refractivity contribution in [1.82, 2.24) is 4.98 Å². The Labute approximate surface area is 134 Å². The van der Waals surface area contributed by atoms with Crippen LogP contribution in [0.3, 0.4) is 0 Å². The highest BCUT2D eigenvalue weighted by Crippen LogP contribution is 2.36. The van der Waals surface area contributed by atoms with Crippen LogP contribution in [0.25, 0.3) is 0 Å². The van der Waals surface area contributed by atoms with Crippen LogP contribution >= 0.6 is 27.5 Å². The van der Waals surface area contributed by atoms with Gasteiger partial charge < -0.3 is 4.90 Å². The number of hydrogen-bond donors (Lipinski definition) is 0. The Kier molecular flexibility index (Phi) is 3.55. The summed E-state index contributed by atoms with van der Waals surface area (Å²) in [6, 6.07) is 5.30. The second-order valence-electron chi connectivity index (χ2n) is 4.81. The van der Waals surface area contributed by atoms with Crippen LogP contribution in [-0.4, -0.2) is 16.7 Å². The second kappa shape index (κ2) is 5.24. The monoisotopic (exact) mass is 364 g/mol. The fourth-order valence-electron chi connectivity index (χ4n) is 2.46. The number of carbonyl (C=O) groups excluding carboxylic acids is 2. The molecule has 0 saturated carbocycles. The number of amides is 1. The Hall–Kier alpha value is -1.72. The van der Waals surface area contributed by atoms with E-state index in [1.807, 2.05) is 13.0 Å². The van der Waals surface area contributed by atoms with E-state index in [2.05, 4.69) is 20.9 Å². The van der Waals surface area contributed by atoms with E-state index in [1.165, 1.54) is 11.1 Å². The summed E-state index contributed by atoms with van der Waals surface area (Å²) >= 11 is 9.44. The third-order valence-electron chi connectivity index (χ3n) is 3.40. The van der Waals surface area contributed by atoms with E-state index in [4.69, 9.17) is 11.6 Å². The van der Waals surface area contributed by atoms with Gasteiger partial charge in [0.1, 0.15) is 0 Å². The average Bonchev–Trinajstić information content (AvgIpc) is 2.67. The highest BCUT2D eigenvalue weighted by molar-refractivity contribution is 9.10. The van der Waals surface area contributed by atoms with Crippen LogP contribution in [0.2, 0.25) is 5.02 Å². The number of fused-ring (bicyclic) bond motifs is 1. The minimum Gasteiger partial charge on any atom is -0.300 e. The number of anilines is 1. The van der Waals surface area contributed by atoms with Crippen molar-refractivity contribution in [2.24, 2.45) is 0 Å². The van der Waals surface area contributed by atoms with E-state index in [1.54, 1.807) is 18.3 Å². The maximum absolute atomic E-state index is 12.2. The predicted octanol–water partition coefficient (Wildman–Crippen LogP) is 3.54. The number of Topliss-reactive ketones (excluding diaryl/α,β-unsaturated/α-hetero) is 1. The van der Waals surface area contributed by atoms with Gasteiger partial charge in [-0.1, -0.05) is 27.5 Å². The summed E-state index contributed by atoms with van der Waals surface area (Å²) in [5.41, 5.74) is 2.70. The first-order chi connectivity index (χ1) is 9.99. The number of hydrogen-bond acceptors (Lipinski definition) is 3. The van der Waals surface area contributed by atoms with Crippen LogP contribution in [0.15, 0.2) is 35.1 Å². The van der Waals surface area contributed by atoms with Gasteiger partial charge in [0, 0.05) is 16.9 Å². The number of halogens is 2. The molecule has 0 saturated heterocycles. The molecule has 1 amide bonds. The lowest BCUT2D eigenvalue weighted by Gasteiger charge is -2.19. The van der Waals surface area contributed by atoms with Crippen molar-refractivity contribution in [1.29, 1.82) is 0 Å². The lowest BCUT2D eigenvalue weighted by molar-refractivity contribution is -0.114. The topological polar surface area (TPSA) is 50.3 Å². The number of benzene rings is 1. The summed E-state index contributed by atoms with van der Waals surface area (Å²) in [6.07, 6.45) is 3.13. The molecule has 0 unspecified atom stereocenters. The summed E-state index contributed by atoms with van der Waals surface area (Å²) in [7, 11) is 0. The Morgan fingerprint density at radius 3 is 2.81 bits per heavy atom. The van der Waals surface area contributed by atoms with E-state index in [0.717, 1.165) is 15.6 Å². The number of pyridine rings is 1. The molecule has 1 aliphatic heterocycles. The number of ketones is 1. The molecular formula is C15H10BrClN2O2. The number of carbonyl (C=O) groups is 2. The minimum atomic E-state index is -0.529. The molecule has 1 aromatic carbocycles. The first kappa shape index (κ1) is 14.2. The van der Waals surface area contributed by atoms with Gasteiger partial charge >= 0.3 is 0 Å². The summed E-state index contributed by atoms with van der Waals surface area (Å²) < 4.78 is 0.781. The molecule has 0 spiro atoms. The van der Waals surface area contributed by atoms with Crippen molar-refractivity contribution in [3.63, 3.8) is 0 Å². The van der Waals surface area contributed by atoms with Crippen LogP contribution in [-0.2, 0) is 11.3 Å². The molecule has 21 heavy (non-hydrogen) atoms. The summed E-state index contributed by atoms with van der Waals surface area (Å²) in [5.74, 6) is -1.02. The van der Waals surface area contributed by atoms with Crippen LogP contribution < -0.4 is 4.90 Å². The van der Waals surface area contributed by atoms with E-state index in [0.29, 0.717) is 16.3 Å². The van der Waals surface area contributed by atoms with Gasteiger partial charge in [0.2, 0.25) is 0 Å². The first-order valence-electron chi connectivity index (χ1n) is 6.23. The zero-order valence-corrected chi connectivity index (χ0v) is 13.4. The fraction of sp³-hybridized carbons (Fsp3) is 0.133. The highest BCUT2D eigenvalue weighted by Gasteiger charge is 2.37. The molecule has 0 fully saturated rings. The molecule has 1 aliphatic rings. The Balaban J connectivity index is 2.08. The second-order valence-corrected chi connectivity index (χ2v) is 6.13. The molecule has 106 valence electrons. The zero-order chi connectivity index (χ0) is 15.1. The maximum Gasteiger partial charge on any atom is 0.299 e. The Bertz CT molecular complexity index is 776. The lowest BCUT2D eigenvalue weighted by atomic mass is 10.1. The molecule has 1 aromatic heterocycles. The molecule has 0 bridgehead atoms. The first-order valence-corrected chi connectivity index (χ1v) is 7.41. The molecule has 4 nitrogen and oxygen atoms in total. The molecule has 3 rings (SSSR count). The number of aryl methyl sites for hydroxylation is 1. The minimum absolute atomic E-state index is 0.251. The van der Waals surface area contributed by atoms with Crippen LogP contribution in [0, 0.1) is 6.92 Å². The van der Waals surface area contributed by atoms with Gasteiger partial charge in [0.05, 0.1) is 22.8 Å². The van der Waals surface area contributed by atoms with E-state index < -0.39 is 11.7 Å². The van der Waals surface area contributed by atoms with Gasteiger partial charge in [-0.2, -0.15) is 0 Å². The molecule has 0 radical (unpaired) electrons. The van der Waals surface area contributed by atoms with Gasteiger partial charge in [-0.25, -0.2) is 0 Å². The lowest BCUT2D eigenvalue weighted by Crippen LogP contribution is -2.29. The van der Waals surface area contributed by atoms with Crippen molar-refractivity contribution >= 4 is 44.9 Å². The normalized spacial score (nSPS) is 13.8. The van der Waals surface area contributed by atoms with Crippen molar-refractivity contribution in [3.8, 4) is 0 Å². The van der Waals surface area contributed by atoms with Crippen molar-refractivity contribution in [2.45, 2.75) is 13.5 Å². The Morgan fingerprint density at radius 2 is 2.10 bits per heavy atom. The number of aromatic nitrogens is 1. The van der Waals surface area contributed by atoms with Crippen LogP contribution in [0.1, 0.15) is 21.5 Å². The quantitative estimate of drug-likeness (QED) is 0.765. The predicted molar refractivity (Wildman–Crippen MR) is 83.6 cm³/mol. The molecule has 0 atom stereocenters. The number of rotatable bonds is 2. The third-order valence-corrected chi connectivity index (χ3v) is 4.20. The van der Waals surface area contributed by atoms with Crippen molar-refractivity contribution in [2.75, 3.05) is 4.90 Å². The van der Waals surface area contributed by atoms with Gasteiger partial charge in [-0.05, 0) is 36.2 Å². The SMILES string of the molecule is Cc1cc(Br)cc2c1N(Cc1ccncc1Cl)C(=O)C2=O. The van der Waals surface area contributed by atoms with Gasteiger partial charge in [-0.3, -0.25) is 14.6 Å². The number of nitrogens with zero attached hydrogens (tertiary/aromatic N) is 2. The van der Waals surface area contributed by atoms with Gasteiger partial charge in [0.25, 0.3) is 11.7 Å². The molecule has 0 N–H and O–H groups in total. The highest BCUT2D eigenvalue weighted by atomic mass is 79.9. The van der Waals surface area contributed by atoms with Crippen molar-refractivity contribution < 1.29 is 9.59 Å². The van der Waals surface area contributed by atoms with E-state index in [-0.39, 0.29) is 6.54 Å². The molecule has 2 aromatic rings. The average molecular weight is 366 g/mol. The largest absolute Gasteiger partial charge is 0.300 e. The van der Waals surface area contributed by atoms with Gasteiger partial charge in [0.15, 0.2) is 0 Å². The Morgan fingerprint density at radius 1 is 1.33 bits per heavy atom. The summed E-state index contributed by atoms with van der Waals surface area (Å²) in [4.78, 5) is 29.8.